The summed E-state index contributed by atoms with van der Waals surface area (Å²) < 4.78 is 10.7. The van der Waals surface area contributed by atoms with Crippen LogP contribution >= 0.6 is 12.4 Å². The van der Waals surface area contributed by atoms with Crippen LogP contribution in [-0.4, -0.2) is 19.3 Å². The lowest BCUT2D eigenvalue weighted by molar-refractivity contribution is 0.356. The number of benzene rings is 1. The van der Waals surface area contributed by atoms with Crippen molar-refractivity contribution in [3.05, 3.63) is 17.2 Å². The largest absolute Gasteiger partial charge is 0.507 e. The van der Waals surface area contributed by atoms with E-state index in [1.807, 2.05) is 0 Å². The number of phenolic OH excluding ortho intramolecular Hbond substituents is 1. The number of hydrogen-bond acceptors (Lipinski definition) is 4. The monoisotopic (exact) mass is 275 g/mol. The summed E-state index contributed by atoms with van der Waals surface area (Å²) in [6.45, 7) is 6.40. The second-order valence-corrected chi connectivity index (χ2v) is 4.94. The number of ether oxygens (including phenoxy) is 2. The Morgan fingerprint density at radius 1 is 1.22 bits per heavy atom. The van der Waals surface area contributed by atoms with E-state index in [1.54, 1.807) is 20.3 Å². The Hall–Kier alpha value is -1.13. The van der Waals surface area contributed by atoms with Gasteiger partial charge in [0, 0.05) is 23.7 Å². The minimum Gasteiger partial charge on any atom is -0.507 e. The summed E-state index contributed by atoms with van der Waals surface area (Å²) in [5.41, 5.74) is 7.02. The van der Waals surface area contributed by atoms with E-state index in [0.29, 0.717) is 17.1 Å². The minimum absolute atomic E-state index is 0. The molecule has 5 heteroatoms. The Kier molecular flexibility index (Phi) is 5.77. The molecule has 0 aromatic heterocycles. The average molecular weight is 276 g/mol. The summed E-state index contributed by atoms with van der Waals surface area (Å²) in [5.74, 6) is 1.33. The van der Waals surface area contributed by atoms with E-state index in [-0.39, 0.29) is 30.1 Å². The van der Waals surface area contributed by atoms with Gasteiger partial charge >= 0.3 is 0 Å². The molecule has 0 atom stereocenters. The number of nitrogens with two attached hydrogens (primary N) is 1. The Balaban J connectivity index is 0.00000289. The van der Waals surface area contributed by atoms with Crippen molar-refractivity contribution in [2.24, 2.45) is 5.73 Å². The Morgan fingerprint density at radius 2 is 1.78 bits per heavy atom. The number of hydrogen-bond donors (Lipinski definition) is 2. The molecule has 0 saturated carbocycles. The van der Waals surface area contributed by atoms with E-state index in [0.717, 1.165) is 5.56 Å². The van der Waals surface area contributed by atoms with E-state index in [9.17, 15) is 5.11 Å². The molecule has 1 aromatic carbocycles. The van der Waals surface area contributed by atoms with Crippen LogP contribution in [0, 0.1) is 0 Å². The lowest BCUT2D eigenvalue weighted by Gasteiger charge is -2.26. The third-order valence-electron chi connectivity index (χ3n) is 2.70. The van der Waals surface area contributed by atoms with Crippen molar-refractivity contribution in [3.63, 3.8) is 0 Å². The zero-order valence-corrected chi connectivity index (χ0v) is 12.4. The van der Waals surface area contributed by atoms with Crippen LogP contribution in [0.3, 0.4) is 0 Å². The number of phenols is 1. The molecular formula is C13H22ClNO3. The van der Waals surface area contributed by atoms with Gasteiger partial charge in [0.05, 0.1) is 14.2 Å². The fraction of sp³-hybridized carbons (Fsp3) is 0.538. The SMILES string of the molecule is COc1cc(O)c(CN)c(OC)c1C(C)(C)C.Cl. The first kappa shape index (κ1) is 16.9. The first-order valence-corrected chi connectivity index (χ1v) is 5.54. The summed E-state index contributed by atoms with van der Waals surface area (Å²) >= 11 is 0. The fourth-order valence-electron chi connectivity index (χ4n) is 1.96. The van der Waals surface area contributed by atoms with Crippen molar-refractivity contribution >= 4 is 12.4 Å². The topological polar surface area (TPSA) is 64.7 Å². The molecule has 3 N–H and O–H groups in total. The molecule has 0 radical (unpaired) electrons. The second kappa shape index (κ2) is 6.16. The van der Waals surface area contributed by atoms with E-state index >= 15 is 0 Å². The standard InChI is InChI=1S/C13H21NO3.ClH/c1-13(2,3)11-10(16-4)6-9(15)8(7-14)12(11)17-5;/h6,15H,7,14H2,1-5H3;1H. The van der Waals surface area contributed by atoms with Gasteiger partial charge in [-0.3, -0.25) is 0 Å². The molecule has 0 spiro atoms. The van der Waals surface area contributed by atoms with Gasteiger partial charge in [0.25, 0.3) is 0 Å². The highest BCUT2D eigenvalue weighted by molar-refractivity contribution is 5.85. The molecule has 104 valence electrons. The molecule has 0 bridgehead atoms. The molecule has 1 aromatic rings. The van der Waals surface area contributed by atoms with Gasteiger partial charge in [-0.25, -0.2) is 0 Å². The molecule has 18 heavy (non-hydrogen) atoms. The molecule has 0 amide bonds. The number of methoxy groups -OCH3 is 2. The van der Waals surface area contributed by atoms with Gasteiger partial charge in [-0.2, -0.15) is 0 Å². The minimum atomic E-state index is -0.158. The number of halogens is 1. The van der Waals surface area contributed by atoms with Crippen molar-refractivity contribution in [1.29, 1.82) is 0 Å². The maximum Gasteiger partial charge on any atom is 0.134 e. The molecule has 0 aliphatic carbocycles. The molecule has 4 nitrogen and oxygen atoms in total. The zero-order valence-electron chi connectivity index (χ0n) is 11.5. The van der Waals surface area contributed by atoms with Gasteiger partial charge in [-0.1, -0.05) is 20.8 Å². The van der Waals surface area contributed by atoms with Crippen molar-refractivity contribution in [3.8, 4) is 17.2 Å². The van der Waals surface area contributed by atoms with Crippen LogP contribution in [0.25, 0.3) is 0 Å². The molecule has 0 saturated heterocycles. The molecule has 0 aliphatic rings. The lowest BCUT2D eigenvalue weighted by Crippen LogP contribution is -2.16. The molecule has 0 aliphatic heterocycles. The van der Waals surface area contributed by atoms with Crippen LogP contribution < -0.4 is 15.2 Å². The van der Waals surface area contributed by atoms with Gasteiger partial charge in [0.1, 0.15) is 17.2 Å². The highest BCUT2D eigenvalue weighted by Gasteiger charge is 2.27. The van der Waals surface area contributed by atoms with Gasteiger partial charge in [-0.05, 0) is 5.41 Å². The molecule has 1 rings (SSSR count). The van der Waals surface area contributed by atoms with Crippen LogP contribution in [0.15, 0.2) is 6.07 Å². The van der Waals surface area contributed by atoms with E-state index in [1.165, 1.54) is 0 Å². The van der Waals surface area contributed by atoms with Gasteiger partial charge in [-0.15, -0.1) is 12.4 Å². The average Bonchev–Trinajstić information content (AvgIpc) is 2.25. The molecule has 0 fully saturated rings. The predicted octanol–water partition coefficient (Wildman–Crippen LogP) is 2.59. The Bertz CT molecular complexity index is 414. The van der Waals surface area contributed by atoms with Crippen LogP contribution in [0.4, 0.5) is 0 Å². The van der Waals surface area contributed by atoms with Crippen molar-refractivity contribution < 1.29 is 14.6 Å². The Labute approximate surface area is 115 Å². The highest BCUT2D eigenvalue weighted by atomic mass is 35.5. The van der Waals surface area contributed by atoms with Gasteiger partial charge < -0.3 is 20.3 Å². The summed E-state index contributed by atoms with van der Waals surface area (Å²) in [5, 5.41) is 9.88. The van der Waals surface area contributed by atoms with Crippen molar-refractivity contribution in [2.45, 2.75) is 32.7 Å². The Morgan fingerprint density at radius 3 is 2.11 bits per heavy atom. The van der Waals surface area contributed by atoms with Crippen molar-refractivity contribution in [1.82, 2.24) is 0 Å². The third kappa shape index (κ3) is 3.00. The highest BCUT2D eigenvalue weighted by Crippen LogP contribution is 2.44. The molecule has 0 heterocycles. The van der Waals surface area contributed by atoms with Gasteiger partial charge in [0.15, 0.2) is 0 Å². The maximum absolute atomic E-state index is 9.88. The van der Waals surface area contributed by atoms with E-state index in [4.69, 9.17) is 15.2 Å². The number of aromatic hydroxyl groups is 1. The summed E-state index contributed by atoms with van der Waals surface area (Å²) in [6.07, 6.45) is 0. The van der Waals surface area contributed by atoms with E-state index < -0.39 is 0 Å². The van der Waals surface area contributed by atoms with Crippen LogP contribution in [-0.2, 0) is 12.0 Å². The molecular weight excluding hydrogens is 254 g/mol. The quantitative estimate of drug-likeness (QED) is 0.890. The predicted molar refractivity (Wildman–Crippen MR) is 75.1 cm³/mol. The zero-order chi connectivity index (χ0) is 13.2. The summed E-state index contributed by atoms with van der Waals surface area (Å²) in [7, 11) is 3.15. The summed E-state index contributed by atoms with van der Waals surface area (Å²) in [6, 6.07) is 1.59. The summed E-state index contributed by atoms with van der Waals surface area (Å²) in [4.78, 5) is 0. The number of rotatable bonds is 3. The van der Waals surface area contributed by atoms with Crippen LogP contribution in [0.2, 0.25) is 0 Å². The van der Waals surface area contributed by atoms with Gasteiger partial charge in [0.2, 0.25) is 0 Å². The maximum atomic E-state index is 9.88. The first-order chi connectivity index (χ1) is 7.86. The molecule has 0 unspecified atom stereocenters. The van der Waals surface area contributed by atoms with Crippen LogP contribution in [0.5, 0.6) is 17.2 Å². The lowest BCUT2D eigenvalue weighted by atomic mass is 9.84. The fourth-order valence-corrected chi connectivity index (χ4v) is 1.96. The third-order valence-corrected chi connectivity index (χ3v) is 2.70. The van der Waals surface area contributed by atoms with E-state index in [2.05, 4.69) is 20.8 Å². The van der Waals surface area contributed by atoms with Crippen LogP contribution in [0.1, 0.15) is 31.9 Å². The normalized spacial score (nSPS) is 10.8. The smallest absolute Gasteiger partial charge is 0.134 e. The second-order valence-electron chi connectivity index (χ2n) is 4.94. The first-order valence-electron chi connectivity index (χ1n) is 5.54. The van der Waals surface area contributed by atoms with Crippen molar-refractivity contribution in [2.75, 3.05) is 14.2 Å².